The highest BCUT2D eigenvalue weighted by Crippen LogP contribution is 2.46. The van der Waals surface area contributed by atoms with E-state index in [9.17, 15) is 0 Å². The van der Waals surface area contributed by atoms with Gasteiger partial charge in [0.15, 0.2) is 0 Å². The summed E-state index contributed by atoms with van der Waals surface area (Å²) in [7, 11) is 0. The Labute approximate surface area is 311 Å². The first-order valence-electron chi connectivity index (χ1n) is 18.6. The Bertz CT molecular complexity index is 2580. The molecule has 3 aliphatic heterocycles. The molecule has 0 bridgehead atoms. The quantitative estimate of drug-likeness (QED) is 0.131. The highest BCUT2D eigenvalue weighted by Gasteiger charge is 2.48. The molecule has 0 atom stereocenters. The van der Waals surface area contributed by atoms with Gasteiger partial charge in [0.1, 0.15) is 0 Å². The second kappa shape index (κ2) is 12.0. The number of rotatable bonds is 5. The van der Waals surface area contributed by atoms with E-state index in [4.69, 9.17) is 0 Å². The SMILES string of the molecule is c1ccc(C(=C(c2ccccc2)c2ccc(B3c4cccc5c4N4B(c6ccccc6-5)c5ccccc5-c5cccc3c54)cc2)c2ccccc2)cc1. The van der Waals surface area contributed by atoms with Crippen molar-refractivity contribution in [2.24, 2.45) is 0 Å². The molecule has 11 rings (SSSR count). The van der Waals surface area contributed by atoms with Crippen molar-refractivity contribution in [3.63, 3.8) is 0 Å². The molecule has 0 N–H and O–H groups in total. The van der Waals surface area contributed by atoms with Gasteiger partial charge in [0, 0.05) is 22.5 Å². The van der Waals surface area contributed by atoms with Gasteiger partial charge >= 0.3 is 6.85 Å². The van der Waals surface area contributed by atoms with Crippen LogP contribution < -0.4 is 32.1 Å². The minimum absolute atomic E-state index is 0.0910. The molecule has 8 aromatic rings. The van der Waals surface area contributed by atoms with Crippen molar-refractivity contribution < 1.29 is 0 Å². The number of nitrogens with zero attached hydrogens (tertiary/aromatic N) is 1. The molecule has 0 aromatic heterocycles. The fraction of sp³-hybridized carbons (Fsp3) is 0. The average molecular weight is 669 g/mol. The predicted molar refractivity (Wildman–Crippen MR) is 226 cm³/mol. The van der Waals surface area contributed by atoms with Gasteiger partial charge < -0.3 is 4.81 Å². The molecule has 0 unspecified atom stereocenters. The molecule has 244 valence electrons. The summed E-state index contributed by atoms with van der Waals surface area (Å²) in [6.45, 7) is 0.217. The Morgan fingerprint density at radius 2 is 0.660 bits per heavy atom. The fourth-order valence-electron chi connectivity index (χ4n) is 9.43. The van der Waals surface area contributed by atoms with E-state index in [0.29, 0.717) is 0 Å². The van der Waals surface area contributed by atoms with Crippen LogP contribution in [0.1, 0.15) is 22.3 Å². The van der Waals surface area contributed by atoms with Crippen LogP contribution in [0.3, 0.4) is 0 Å². The number of hydrogen-bond donors (Lipinski definition) is 0. The lowest BCUT2D eigenvalue weighted by molar-refractivity contribution is 1.36. The summed E-state index contributed by atoms with van der Waals surface area (Å²) < 4.78 is 0. The number of para-hydroxylation sites is 2. The fourth-order valence-corrected chi connectivity index (χ4v) is 9.43. The lowest BCUT2D eigenvalue weighted by Crippen LogP contribution is -2.67. The molecule has 0 aliphatic carbocycles. The van der Waals surface area contributed by atoms with Gasteiger partial charge in [-0.3, -0.25) is 0 Å². The molecule has 0 saturated heterocycles. The largest absolute Gasteiger partial charge is 0.377 e. The molecule has 0 saturated carbocycles. The Balaban J connectivity index is 1.15. The van der Waals surface area contributed by atoms with Gasteiger partial charge in [0.2, 0.25) is 6.71 Å². The van der Waals surface area contributed by atoms with Gasteiger partial charge in [-0.05, 0) is 66.4 Å². The van der Waals surface area contributed by atoms with E-state index in [1.807, 2.05) is 0 Å². The van der Waals surface area contributed by atoms with Crippen LogP contribution in [-0.2, 0) is 0 Å². The van der Waals surface area contributed by atoms with Gasteiger partial charge in [0.05, 0.1) is 0 Å². The summed E-state index contributed by atoms with van der Waals surface area (Å²) in [6.07, 6.45) is 0. The van der Waals surface area contributed by atoms with E-state index >= 15 is 0 Å². The first-order valence-corrected chi connectivity index (χ1v) is 18.6. The van der Waals surface area contributed by atoms with Gasteiger partial charge in [-0.15, -0.1) is 0 Å². The Hall–Kier alpha value is -6.57. The van der Waals surface area contributed by atoms with E-state index in [1.165, 1.54) is 94.3 Å². The van der Waals surface area contributed by atoms with E-state index in [1.54, 1.807) is 0 Å². The highest BCUT2D eigenvalue weighted by molar-refractivity contribution is 7.01. The molecule has 0 fully saturated rings. The van der Waals surface area contributed by atoms with E-state index < -0.39 is 0 Å². The summed E-state index contributed by atoms with van der Waals surface area (Å²) >= 11 is 0. The van der Waals surface area contributed by atoms with Crippen molar-refractivity contribution in [3.8, 4) is 22.3 Å². The lowest BCUT2D eigenvalue weighted by atomic mass is 9.32. The number of hydrogen-bond acceptors (Lipinski definition) is 1. The molecular weight excluding hydrogens is 636 g/mol. The minimum Gasteiger partial charge on any atom is -0.377 e. The highest BCUT2D eigenvalue weighted by atomic mass is 15.1. The predicted octanol–water partition coefficient (Wildman–Crippen LogP) is 8.43. The average Bonchev–Trinajstić information content (AvgIpc) is 3.24. The maximum Gasteiger partial charge on any atom is 0.329 e. The van der Waals surface area contributed by atoms with Crippen LogP contribution in [0.5, 0.6) is 0 Å². The van der Waals surface area contributed by atoms with Crippen LogP contribution >= 0.6 is 0 Å². The molecular formula is C50H33B2N. The smallest absolute Gasteiger partial charge is 0.329 e. The lowest BCUT2D eigenvalue weighted by Gasteiger charge is -2.49. The molecule has 3 heterocycles. The number of benzene rings is 8. The molecule has 53 heavy (non-hydrogen) atoms. The van der Waals surface area contributed by atoms with Crippen LogP contribution in [0, 0.1) is 0 Å². The summed E-state index contributed by atoms with van der Waals surface area (Å²) in [5.41, 5.74) is 22.1. The summed E-state index contributed by atoms with van der Waals surface area (Å²) in [4.78, 5) is 2.67. The van der Waals surface area contributed by atoms with E-state index in [-0.39, 0.29) is 13.6 Å². The number of fused-ring (bicyclic) bond motifs is 6. The summed E-state index contributed by atoms with van der Waals surface area (Å²) in [6, 6.07) is 74.0. The molecule has 8 aromatic carbocycles. The van der Waals surface area contributed by atoms with Crippen molar-refractivity contribution >= 4 is 63.4 Å². The molecule has 1 nitrogen and oxygen atoms in total. The van der Waals surface area contributed by atoms with Crippen LogP contribution in [0.4, 0.5) is 11.4 Å². The Morgan fingerprint density at radius 1 is 0.302 bits per heavy atom. The van der Waals surface area contributed by atoms with Crippen molar-refractivity contribution in [3.05, 3.63) is 222 Å². The molecule has 0 spiro atoms. The van der Waals surface area contributed by atoms with Gasteiger partial charge in [-0.2, -0.15) is 0 Å². The van der Waals surface area contributed by atoms with Crippen molar-refractivity contribution in [2.75, 3.05) is 4.81 Å². The molecule has 0 radical (unpaired) electrons. The second-order valence-corrected chi connectivity index (χ2v) is 14.3. The third-order valence-electron chi connectivity index (χ3n) is 11.6. The first kappa shape index (κ1) is 30.1. The van der Waals surface area contributed by atoms with Crippen LogP contribution in [0.2, 0.25) is 0 Å². The zero-order valence-corrected chi connectivity index (χ0v) is 29.2. The maximum atomic E-state index is 2.67. The molecule has 3 heteroatoms. The molecule has 0 amide bonds. The third-order valence-corrected chi connectivity index (χ3v) is 11.6. The third kappa shape index (κ3) is 4.54. The van der Waals surface area contributed by atoms with Crippen molar-refractivity contribution in [2.45, 2.75) is 0 Å². The van der Waals surface area contributed by atoms with Crippen molar-refractivity contribution in [1.82, 2.24) is 0 Å². The Kier molecular flexibility index (Phi) is 6.82. The van der Waals surface area contributed by atoms with Crippen molar-refractivity contribution in [1.29, 1.82) is 0 Å². The van der Waals surface area contributed by atoms with E-state index in [0.717, 1.165) is 0 Å². The number of anilines is 2. The van der Waals surface area contributed by atoms with Gasteiger partial charge in [0.25, 0.3) is 0 Å². The van der Waals surface area contributed by atoms with E-state index in [2.05, 4.69) is 205 Å². The normalized spacial score (nSPS) is 12.8. The molecule has 3 aliphatic rings. The zero-order valence-electron chi connectivity index (χ0n) is 29.2. The summed E-state index contributed by atoms with van der Waals surface area (Å²) in [5, 5.41) is 0. The maximum absolute atomic E-state index is 2.67. The second-order valence-electron chi connectivity index (χ2n) is 14.3. The standard InChI is InChI=1S/C50H33B2N/c1-4-16-34(17-5-1)47(35-18-6-2-7-19-35)48(36-20-8-3-9-21-36)37-30-32-38(33-31-37)51-45-28-14-24-41-39-22-10-12-26-43(39)52-44-27-13-11-23-40(44)42-25-15-29-46(51)50(42)53(52)49(41)45/h1-33H. The monoisotopic (exact) mass is 669 g/mol. The zero-order chi connectivity index (χ0) is 34.9. The Morgan fingerprint density at radius 3 is 1.11 bits per heavy atom. The van der Waals surface area contributed by atoms with Gasteiger partial charge in [-0.1, -0.05) is 206 Å². The first-order chi connectivity index (χ1) is 26.3. The summed E-state index contributed by atoms with van der Waals surface area (Å²) in [5.74, 6) is 0. The van der Waals surface area contributed by atoms with Gasteiger partial charge in [-0.25, -0.2) is 0 Å². The minimum atomic E-state index is 0.0910. The van der Waals surface area contributed by atoms with Crippen LogP contribution in [-0.4, -0.2) is 13.6 Å². The van der Waals surface area contributed by atoms with Crippen LogP contribution in [0.25, 0.3) is 33.4 Å². The topological polar surface area (TPSA) is 3.24 Å². The van der Waals surface area contributed by atoms with Crippen LogP contribution in [0.15, 0.2) is 200 Å².